The zero-order chi connectivity index (χ0) is 18.2. The SMILES string of the molecule is C=CCCC1CCC(C2COC(C#Cc3ccc(CC)cc3)CO2)CC1. The lowest BCUT2D eigenvalue weighted by Gasteiger charge is -2.36. The predicted molar refractivity (Wildman–Crippen MR) is 107 cm³/mol. The maximum absolute atomic E-state index is 6.13. The van der Waals surface area contributed by atoms with Gasteiger partial charge in [0, 0.05) is 5.56 Å². The third-order valence-corrected chi connectivity index (χ3v) is 5.86. The van der Waals surface area contributed by atoms with Crippen LogP contribution in [0, 0.1) is 23.7 Å². The second-order valence-electron chi connectivity index (χ2n) is 7.66. The number of hydrogen-bond acceptors (Lipinski definition) is 2. The van der Waals surface area contributed by atoms with Gasteiger partial charge in [0.1, 0.15) is 6.10 Å². The predicted octanol–water partition coefficient (Wildman–Crippen LogP) is 5.16. The molecule has 1 aromatic carbocycles. The highest BCUT2D eigenvalue weighted by molar-refractivity contribution is 5.36. The van der Waals surface area contributed by atoms with Gasteiger partial charge < -0.3 is 9.47 Å². The van der Waals surface area contributed by atoms with E-state index in [-0.39, 0.29) is 12.2 Å². The molecule has 2 unspecified atom stereocenters. The van der Waals surface area contributed by atoms with Gasteiger partial charge in [-0.05, 0) is 61.6 Å². The Bertz CT molecular complexity index is 606. The van der Waals surface area contributed by atoms with E-state index in [1.54, 1.807) is 0 Å². The Morgan fingerprint density at radius 1 is 1.08 bits per heavy atom. The number of ether oxygens (including phenoxy) is 2. The summed E-state index contributed by atoms with van der Waals surface area (Å²) in [6.07, 6.45) is 10.9. The van der Waals surface area contributed by atoms with Crippen molar-refractivity contribution < 1.29 is 9.47 Å². The minimum absolute atomic E-state index is 0.0963. The average molecular weight is 353 g/mol. The summed E-state index contributed by atoms with van der Waals surface area (Å²) in [5.74, 6) is 7.98. The van der Waals surface area contributed by atoms with Gasteiger partial charge in [-0.3, -0.25) is 0 Å². The van der Waals surface area contributed by atoms with Gasteiger partial charge >= 0.3 is 0 Å². The number of rotatable bonds is 5. The first-order valence-corrected chi connectivity index (χ1v) is 10.2. The van der Waals surface area contributed by atoms with Crippen molar-refractivity contribution in [2.75, 3.05) is 13.2 Å². The second kappa shape index (κ2) is 9.95. The molecule has 1 saturated carbocycles. The first-order chi connectivity index (χ1) is 12.8. The van der Waals surface area contributed by atoms with E-state index >= 15 is 0 Å². The molecule has 1 heterocycles. The van der Waals surface area contributed by atoms with Gasteiger partial charge in [0.15, 0.2) is 0 Å². The van der Waals surface area contributed by atoms with Crippen molar-refractivity contribution in [3.63, 3.8) is 0 Å². The van der Waals surface area contributed by atoms with Crippen LogP contribution in [-0.4, -0.2) is 25.4 Å². The molecule has 0 spiro atoms. The van der Waals surface area contributed by atoms with Crippen molar-refractivity contribution in [2.45, 2.75) is 64.1 Å². The third kappa shape index (κ3) is 5.47. The highest BCUT2D eigenvalue weighted by Gasteiger charge is 2.31. The van der Waals surface area contributed by atoms with E-state index in [1.807, 2.05) is 6.08 Å². The van der Waals surface area contributed by atoms with Gasteiger partial charge in [-0.2, -0.15) is 0 Å². The zero-order valence-electron chi connectivity index (χ0n) is 16.1. The molecule has 2 heteroatoms. The lowest BCUT2D eigenvalue weighted by molar-refractivity contribution is -0.138. The molecular formula is C24H32O2. The van der Waals surface area contributed by atoms with Crippen LogP contribution in [0.25, 0.3) is 0 Å². The summed E-state index contributed by atoms with van der Waals surface area (Å²) in [5, 5.41) is 0. The molecule has 0 bridgehead atoms. The van der Waals surface area contributed by atoms with E-state index in [2.05, 4.69) is 49.6 Å². The molecule has 0 aromatic heterocycles. The molecule has 1 aromatic rings. The Hall–Kier alpha value is -1.56. The van der Waals surface area contributed by atoms with Crippen LogP contribution in [0.15, 0.2) is 36.9 Å². The number of aryl methyl sites for hydroxylation is 1. The van der Waals surface area contributed by atoms with Gasteiger partial charge in [-0.1, -0.05) is 49.8 Å². The van der Waals surface area contributed by atoms with Crippen LogP contribution in [0.3, 0.4) is 0 Å². The van der Waals surface area contributed by atoms with Crippen LogP contribution in [0.2, 0.25) is 0 Å². The van der Waals surface area contributed by atoms with E-state index in [1.165, 1.54) is 37.7 Å². The summed E-state index contributed by atoms with van der Waals surface area (Å²) in [4.78, 5) is 0. The Morgan fingerprint density at radius 2 is 1.85 bits per heavy atom. The fourth-order valence-electron chi connectivity index (χ4n) is 4.06. The van der Waals surface area contributed by atoms with Crippen LogP contribution in [-0.2, 0) is 15.9 Å². The Kier molecular flexibility index (Phi) is 7.35. The van der Waals surface area contributed by atoms with E-state index in [4.69, 9.17) is 9.47 Å². The standard InChI is InChI=1S/C24H32O2/c1-3-5-6-20-11-14-22(15-12-20)24-18-25-23(17-26-24)16-13-21-9-7-19(4-2)8-10-21/h3,7-10,20,22-24H,1,4-6,11-12,14-15,17-18H2,2H3. The molecule has 1 saturated heterocycles. The average Bonchev–Trinajstić information content (AvgIpc) is 2.72. The number of benzene rings is 1. The van der Waals surface area contributed by atoms with Gasteiger partial charge in [-0.25, -0.2) is 0 Å². The van der Waals surface area contributed by atoms with Crippen LogP contribution in [0.1, 0.15) is 56.6 Å². The molecule has 2 atom stereocenters. The topological polar surface area (TPSA) is 18.5 Å². The fraction of sp³-hybridized carbons (Fsp3) is 0.583. The van der Waals surface area contributed by atoms with Gasteiger partial charge in [0.25, 0.3) is 0 Å². The van der Waals surface area contributed by atoms with Crippen molar-refractivity contribution in [2.24, 2.45) is 11.8 Å². The molecule has 26 heavy (non-hydrogen) atoms. The highest BCUT2D eigenvalue weighted by Crippen LogP contribution is 2.35. The van der Waals surface area contributed by atoms with Crippen molar-refractivity contribution in [1.29, 1.82) is 0 Å². The van der Waals surface area contributed by atoms with E-state index in [9.17, 15) is 0 Å². The molecule has 1 aliphatic heterocycles. The summed E-state index contributed by atoms with van der Waals surface area (Å²) >= 11 is 0. The van der Waals surface area contributed by atoms with Crippen LogP contribution < -0.4 is 0 Å². The molecule has 1 aliphatic carbocycles. The number of allylic oxidation sites excluding steroid dienone is 1. The molecule has 2 fully saturated rings. The summed E-state index contributed by atoms with van der Waals surface area (Å²) in [6.45, 7) is 7.29. The fourth-order valence-corrected chi connectivity index (χ4v) is 4.06. The zero-order valence-corrected chi connectivity index (χ0v) is 16.1. The molecule has 2 aliphatic rings. The molecule has 2 nitrogen and oxygen atoms in total. The highest BCUT2D eigenvalue weighted by atomic mass is 16.6. The van der Waals surface area contributed by atoms with Crippen molar-refractivity contribution in [1.82, 2.24) is 0 Å². The Morgan fingerprint density at radius 3 is 2.46 bits per heavy atom. The first kappa shape index (κ1) is 19.2. The molecule has 3 rings (SSSR count). The second-order valence-corrected chi connectivity index (χ2v) is 7.66. The quantitative estimate of drug-likeness (QED) is 0.538. The van der Waals surface area contributed by atoms with Gasteiger partial charge in [0.05, 0.1) is 19.3 Å². The van der Waals surface area contributed by atoms with Crippen molar-refractivity contribution in [3.05, 3.63) is 48.0 Å². The molecular weight excluding hydrogens is 320 g/mol. The van der Waals surface area contributed by atoms with Gasteiger partial charge in [0.2, 0.25) is 0 Å². The first-order valence-electron chi connectivity index (χ1n) is 10.2. The van der Waals surface area contributed by atoms with E-state index in [0.717, 1.165) is 24.3 Å². The lowest BCUT2D eigenvalue weighted by atomic mass is 9.77. The van der Waals surface area contributed by atoms with Crippen molar-refractivity contribution >= 4 is 0 Å². The normalized spacial score (nSPS) is 28.8. The maximum atomic E-state index is 6.13. The number of hydrogen-bond donors (Lipinski definition) is 0. The molecule has 140 valence electrons. The van der Waals surface area contributed by atoms with Crippen LogP contribution in [0.5, 0.6) is 0 Å². The van der Waals surface area contributed by atoms with E-state index in [0.29, 0.717) is 19.1 Å². The minimum atomic E-state index is -0.0963. The molecule has 0 radical (unpaired) electrons. The molecule has 0 amide bonds. The van der Waals surface area contributed by atoms with Crippen LogP contribution >= 0.6 is 0 Å². The summed E-state index contributed by atoms with van der Waals surface area (Å²) in [5.41, 5.74) is 2.39. The van der Waals surface area contributed by atoms with Crippen molar-refractivity contribution in [3.8, 4) is 11.8 Å². The summed E-state index contributed by atoms with van der Waals surface area (Å²) < 4.78 is 12.1. The monoisotopic (exact) mass is 352 g/mol. The molecule has 0 N–H and O–H groups in total. The third-order valence-electron chi connectivity index (χ3n) is 5.86. The van der Waals surface area contributed by atoms with Gasteiger partial charge in [-0.15, -0.1) is 6.58 Å². The van der Waals surface area contributed by atoms with E-state index < -0.39 is 0 Å². The largest absolute Gasteiger partial charge is 0.372 e. The maximum Gasteiger partial charge on any atom is 0.141 e. The lowest BCUT2D eigenvalue weighted by Crippen LogP contribution is -2.40. The summed E-state index contributed by atoms with van der Waals surface area (Å²) in [6, 6.07) is 8.46. The summed E-state index contributed by atoms with van der Waals surface area (Å²) in [7, 11) is 0. The Labute approximate surface area is 159 Å². The smallest absolute Gasteiger partial charge is 0.141 e. The Balaban J connectivity index is 1.42. The van der Waals surface area contributed by atoms with Crippen LogP contribution in [0.4, 0.5) is 0 Å². The minimum Gasteiger partial charge on any atom is -0.372 e.